The van der Waals surface area contributed by atoms with Crippen LogP contribution in [-0.2, 0) is 0 Å². The second-order valence-electron chi connectivity index (χ2n) is 5.42. The van der Waals surface area contributed by atoms with Gasteiger partial charge in [0, 0.05) is 17.3 Å². The number of anilines is 1. The Bertz CT molecular complexity index is 937. The van der Waals surface area contributed by atoms with Crippen molar-refractivity contribution in [3.05, 3.63) is 60.3 Å². The highest BCUT2D eigenvalue weighted by atomic mass is 19.4. The summed E-state index contributed by atoms with van der Waals surface area (Å²) in [7, 11) is 1.54. The minimum absolute atomic E-state index is 0.156. The number of rotatable bonds is 5. The van der Waals surface area contributed by atoms with Gasteiger partial charge in [0.05, 0.1) is 24.6 Å². The molecule has 0 unspecified atom stereocenters. The number of carbonyl (C=O) groups is 1. The van der Waals surface area contributed by atoms with E-state index in [1.807, 2.05) is 0 Å². The van der Waals surface area contributed by atoms with Crippen LogP contribution in [0.1, 0.15) is 10.4 Å². The highest BCUT2D eigenvalue weighted by Gasteiger charge is 2.31. The van der Waals surface area contributed by atoms with Gasteiger partial charge in [-0.2, -0.15) is 5.10 Å². The highest BCUT2D eigenvalue weighted by Crippen LogP contribution is 2.27. The third kappa shape index (κ3) is 4.57. The van der Waals surface area contributed by atoms with E-state index >= 15 is 0 Å². The monoisotopic (exact) mass is 377 g/mol. The topological polar surface area (TPSA) is 76.2 Å². The van der Waals surface area contributed by atoms with Crippen molar-refractivity contribution in [3.8, 4) is 22.8 Å². The zero-order chi connectivity index (χ0) is 19.4. The Morgan fingerprint density at radius 2 is 1.85 bits per heavy atom. The summed E-state index contributed by atoms with van der Waals surface area (Å²) in [5.74, 6) is -0.299. The molecule has 1 heterocycles. The predicted molar refractivity (Wildman–Crippen MR) is 91.7 cm³/mol. The molecular weight excluding hydrogens is 363 g/mol. The molecule has 2 N–H and O–H groups in total. The zero-order valence-corrected chi connectivity index (χ0v) is 14.0. The van der Waals surface area contributed by atoms with Gasteiger partial charge in [0.1, 0.15) is 11.5 Å². The molecule has 0 aliphatic heterocycles. The lowest BCUT2D eigenvalue weighted by atomic mass is 10.1. The van der Waals surface area contributed by atoms with Crippen molar-refractivity contribution in [3.63, 3.8) is 0 Å². The molecule has 0 aliphatic carbocycles. The first-order valence-electron chi connectivity index (χ1n) is 7.70. The molecular formula is C18H14F3N3O3. The smallest absolute Gasteiger partial charge is 0.497 e. The van der Waals surface area contributed by atoms with Crippen LogP contribution in [0.2, 0.25) is 0 Å². The maximum absolute atomic E-state index is 12.5. The normalized spacial score (nSPS) is 11.1. The summed E-state index contributed by atoms with van der Waals surface area (Å²) < 4.78 is 45.9. The molecule has 0 atom stereocenters. The maximum Gasteiger partial charge on any atom is 0.573 e. The van der Waals surface area contributed by atoms with Crippen molar-refractivity contribution < 1.29 is 27.4 Å². The Morgan fingerprint density at radius 1 is 1.11 bits per heavy atom. The van der Waals surface area contributed by atoms with Crippen molar-refractivity contribution in [1.29, 1.82) is 0 Å². The number of ether oxygens (including phenoxy) is 2. The molecule has 1 aromatic heterocycles. The second kappa shape index (κ2) is 7.40. The Balaban J connectivity index is 1.79. The number of H-pyrrole nitrogens is 1. The van der Waals surface area contributed by atoms with Crippen LogP contribution in [0.25, 0.3) is 11.3 Å². The number of benzene rings is 2. The summed E-state index contributed by atoms with van der Waals surface area (Å²) >= 11 is 0. The lowest BCUT2D eigenvalue weighted by molar-refractivity contribution is -0.274. The fourth-order valence-corrected chi connectivity index (χ4v) is 2.41. The second-order valence-corrected chi connectivity index (χ2v) is 5.42. The van der Waals surface area contributed by atoms with Gasteiger partial charge in [0.15, 0.2) is 0 Å². The number of hydrogen-bond donors (Lipinski definition) is 2. The highest BCUT2D eigenvalue weighted by molar-refractivity contribution is 6.08. The maximum atomic E-state index is 12.5. The zero-order valence-electron chi connectivity index (χ0n) is 14.0. The lowest BCUT2D eigenvalue weighted by Gasteiger charge is -2.11. The van der Waals surface area contributed by atoms with Crippen LogP contribution >= 0.6 is 0 Å². The first-order chi connectivity index (χ1) is 12.9. The van der Waals surface area contributed by atoms with Crippen molar-refractivity contribution in [2.24, 2.45) is 0 Å². The summed E-state index contributed by atoms with van der Waals surface area (Å²) in [6.07, 6.45) is -3.47. The van der Waals surface area contributed by atoms with Crippen molar-refractivity contribution in [2.75, 3.05) is 12.4 Å². The summed E-state index contributed by atoms with van der Waals surface area (Å²) in [5, 5.41) is 9.16. The van der Waals surface area contributed by atoms with Crippen LogP contribution in [-0.4, -0.2) is 29.6 Å². The number of nitrogens with one attached hydrogen (secondary N) is 2. The summed E-state index contributed by atoms with van der Waals surface area (Å²) in [4.78, 5) is 12.5. The SMILES string of the molecule is COc1ccc(-c2[nH]ncc2C(=O)Nc2cccc(OC(F)(F)F)c2)cc1. The van der Waals surface area contributed by atoms with Gasteiger partial charge >= 0.3 is 6.36 Å². The molecule has 6 nitrogen and oxygen atoms in total. The minimum Gasteiger partial charge on any atom is -0.497 e. The Kier molecular flexibility index (Phi) is 5.02. The first-order valence-corrected chi connectivity index (χ1v) is 7.70. The van der Waals surface area contributed by atoms with E-state index in [9.17, 15) is 18.0 Å². The van der Waals surface area contributed by atoms with E-state index in [0.29, 0.717) is 17.0 Å². The fraction of sp³-hybridized carbons (Fsp3) is 0.111. The van der Waals surface area contributed by atoms with Gasteiger partial charge in [-0.1, -0.05) is 6.07 Å². The van der Waals surface area contributed by atoms with Crippen molar-refractivity contribution in [1.82, 2.24) is 10.2 Å². The van der Waals surface area contributed by atoms with E-state index in [2.05, 4.69) is 20.3 Å². The molecule has 3 rings (SSSR count). The third-order valence-electron chi connectivity index (χ3n) is 3.59. The van der Waals surface area contributed by atoms with Gasteiger partial charge < -0.3 is 14.8 Å². The van der Waals surface area contributed by atoms with Gasteiger partial charge in [-0.15, -0.1) is 13.2 Å². The summed E-state index contributed by atoms with van der Waals surface area (Å²) in [6, 6.07) is 12.0. The molecule has 1 amide bonds. The van der Waals surface area contributed by atoms with E-state index in [1.54, 1.807) is 31.4 Å². The largest absolute Gasteiger partial charge is 0.573 e. The molecule has 0 aliphatic rings. The molecule has 3 aromatic rings. The summed E-state index contributed by atoms with van der Waals surface area (Å²) in [5.41, 5.74) is 1.57. The lowest BCUT2D eigenvalue weighted by Crippen LogP contribution is -2.17. The van der Waals surface area contributed by atoms with Gasteiger partial charge in [-0.3, -0.25) is 9.89 Å². The van der Waals surface area contributed by atoms with Gasteiger partial charge in [-0.25, -0.2) is 0 Å². The van der Waals surface area contributed by atoms with Crippen LogP contribution in [0.5, 0.6) is 11.5 Å². The van der Waals surface area contributed by atoms with Crippen molar-refractivity contribution in [2.45, 2.75) is 6.36 Å². The molecule has 0 spiro atoms. The van der Waals surface area contributed by atoms with E-state index < -0.39 is 18.0 Å². The van der Waals surface area contributed by atoms with Gasteiger partial charge in [0.2, 0.25) is 0 Å². The number of aromatic nitrogens is 2. The Hall–Kier alpha value is -3.49. The van der Waals surface area contributed by atoms with Crippen LogP contribution in [0.3, 0.4) is 0 Å². The number of aromatic amines is 1. The molecule has 9 heteroatoms. The molecule has 0 saturated heterocycles. The molecule has 0 saturated carbocycles. The number of carbonyl (C=O) groups excluding carboxylic acids is 1. The van der Waals surface area contributed by atoms with Crippen LogP contribution in [0, 0.1) is 0 Å². The van der Waals surface area contributed by atoms with Crippen molar-refractivity contribution >= 4 is 11.6 Å². The summed E-state index contributed by atoms with van der Waals surface area (Å²) in [6.45, 7) is 0. The number of amides is 1. The van der Waals surface area contributed by atoms with Crippen LogP contribution < -0.4 is 14.8 Å². The Morgan fingerprint density at radius 3 is 2.52 bits per heavy atom. The molecule has 0 radical (unpaired) electrons. The average molecular weight is 377 g/mol. The number of nitrogens with zero attached hydrogens (tertiary/aromatic N) is 1. The Labute approximate surface area is 151 Å². The van der Waals surface area contributed by atoms with E-state index in [4.69, 9.17) is 4.74 Å². The predicted octanol–water partition coefficient (Wildman–Crippen LogP) is 4.24. The fourth-order valence-electron chi connectivity index (χ4n) is 2.41. The van der Waals surface area contributed by atoms with E-state index in [0.717, 1.165) is 12.1 Å². The standard InChI is InChI=1S/C18H14F3N3O3/c1-26-13-7-5-11(6-8-13)16-15(10-22-24-16)17(25)23-12-3-2-4-14(9-12)27-18(19,20)21/h2-10H,1H3,(H,22,24)(H,23,25). The van der Waals surface area contributed by atoms with Gasteiger partial charge in [-0.05, 0) is 36.4 Å². The third-order valence-corrected chi connectivity index (χ3v) is 3.59. The first kappa shape index (κ1) is 18.3. The molecule has 2 aromatic carbocycles. The van der Waals surface area contributed by atoms with Gasteiger partial charge in [0.25, 0.3) is 5.91 Å². The average Bonchev–Trinajstić information content (AvgIpc) is 3.10. The number of hydrogen-bond acceptors (Lipinski definition) is 4. The number of methoxy groups -OCH3 is 1. The van der Waals surface area contributed by atoms with Crippen LogP contribution in [0.15, 0.2) is 54.7 Å². The van der Waals surface area contributed by atoms with E-state index in [1.165, 1.54) is 18.3 Å². The molecule has 27 heavy (non-hydrogen) atoms. The quantitative estimate of drug-likeness (QED) is 0.698. The van der Waals surface area contributed by atoms with E-state index in [-0.39, 0.29) is 11.3 Å². The molecule has 0 bridgehead atoms. The number of alkyl halides is 3. The molecule has 140 valence electrons. The van der Waals surface area contributed by atoms with Crippen LogP contribution in [0.4, 0.5) is 18.9 Å². The minimum atomic E-state index is -4.81. The molecule has 0 fully saturated rings. The number of halogens is 3.